The number of halogens is 2. The summed E-state index contributed by atoms with van der Waals surface area (Å²) in [5.41, 5.74) is 0.274. The molecule has 0 amide bonds. The SMILES string of the molecule is COc1cc(Br)cc(C(=O)O)c1OCc1ccccc1F. The molecular weight excluding hydrogens is 343 g/mol. The minimum atomic E-state index is -1.15. The average Bonchev–Trinajstić information content (AvgIpc) is 2.46. The number of carboxylic acids is 1. The monoisotopic (exact) mass is 354 g/mol. The number of carboxylic acid groups (broad SMARTS) is 1. The number of rotatable bonds is 5. The maximum atomic E-state index is 13.6. The highest BCUT2D eigenvalue weighted by molar-refractivity contribution is 9.10. The van der Waals surface area contributed by atoms with Gasteiger partial charge in [0.05, 0.1) is 7.11 Å². The largest absolute Gasteiger partial charge is 0.493 e. The molecule has 0 unspecified atom stereocenters. The average molecular weight is 355 g/mol. The number of carbonyl (C=O) groups is 1. The molecule has 2 rings (SSSR count). The van der Waals surface area contributed by atoms with Crippen LogP contribution >= 0.6 is 15.9 Å². The van der Waals surface area contributed by atoms with E-state index in [1.54, 1.807) is 24.3 Å². The molecule has 4 nitrogen and oxygen atoms in total. The molecule has 2 aromatic rings. The first-order chi connectivity index (χ1) is 10.0. The molecule has 0 aliphatic heterocycles. The summed E-state index contributed by atoms with van der Waals surface area (Å²) in [7, 11) is 1.41. The Morgan fingerprint density at radius 3 is 2.67 bits per heavy atom. The zero-order valence-corrected chi connectivity index (χ0v) is 12.7. The third-order valence-electron chi connectivity index (χ3n) is 2.80. The third kappa shape index (κ3) is 3.52. The highest BCUT2D eigenvalue weighted by Gasteiger charge is 2.18. The van der Waals surface area contributed by atoms with E-state index in [4.69, 9.17) is 9.47 Å². The third-order valence-corrected chi connectivity index (χ3v) is 3.26. The van der Waals surface area contributed by atoms with Crippen LogP contribution in [0.15, 0.2) is 40.9 Å². The Hall–Kier alpha value is -2.08. The molecule has 0 atom stereocenters. The Bertz CT molecular complexity index is 673. The molecule has 21 heavy (non-hydrogen) atoms. The lowest BCUT2D eigenvalue weighted by atomic mass is 10.2. The van der Waals surface area contributed by atoms with E-state index in [0.717, 1.165) is 0 Å². The number of benzene rings is 2. The maximum Gasteiger partial charge on any atom is 0.339 e. The molecule has 0 heterocycles. The van der Waals surface area contributed by atoms with Crippen molar-refractivity contribution in [2.45, 2.75) is 6.61 Å². The van der Waals surface area contributed by atoms with Crippen molar-refractivity contribution in [3.8, 4) is 11.5 Å². The Morgan fingerprint density at radius 2 is 2.05 bits per heavy atom. The molecule has 0 radical (unpaired) electrons. The van der Waals surface area contributed by atoms with Crippen LogP contribution in [0.3, 0.4) is 0 Å². The number of ether oxygens (including phenoxy) is 2. The summed E-state index contributed by atoms with van der Waals surface area (Å²) in [4.78, 5) is 11.3. The first-order valence-corrected chi connectivity index (χ1v) is 6.79. The summed E-state index contributed by atoms with van der Waals surface area (Å²) in [6.07, 6.45) is 0. The van der Waals surface area contributed by atoms with Gasteiger partial charge in [-0.05, 0) is 18.2 Å². The summed E-state index contributed by atoms with van der Waals surface area (Å²) >= 11 is 3.21. The van der Waals surface area contributed by atoms with Crippen LogP contribution in [0.5, 0.6) is 11.5 Å². The quantitative estimate of drug-likeness (QED) is 0.885. The van der Waals surface area contributed by atoms with Crippen molar-refractivity contribution in [1.82, 2.24) is 0 Å². The van der Waals surface area contributed by atoms with Gasteiger partial charge in [-0.3, -0.25) is 0 Å². The van der Waals surface area contributed by atoms with E-state index in [2.05, 4.69) is 15.9 Å². The second-order valence-corrected chi connectivity index (χ2v) is 5.09. The summed E-state index contributed by atoms with van der Waals surface area (Å²) in [5, 5.41) is 9.23. The molecule has 0 spiro atoms. The lowest BCUT2D eigenvalue weighted by Crippen LogP contribution is -2.06. The summed E-state index contributed by atoms with van der Waals surface area (Å²) in [5.74, 6) is -1.24. The van der Waals surface area contributed by atoms with Gasteiger partial charge in [-0.15, -0.1) is 0 Å². The van der Waals surface area contributed by atoms with Crippen molar-refractivity contribution in [3.63, 3.8) is 0 Å². The molecule has 0 aliphatic carbocycles. The summed E-state index contributed by atoms with van der Waals surface area (Å²) < 4.78 is 24.7. The van der Waals surface area contributed by atoms with Gasteiger partial charge in [0.2, 0.25) is 0 Å². The molecule has 1 N–H and O–H groups in total. The molecule has 6 heteroatoms. The Labute approximate surface area is 129 Å². The normalized spacial score (nSPS) is 10.2. The van der Waals surface area contributed by atoms with Crippen LogP contribution in [-0.4, -0.2) is 18.2 Å². The fraction of sp³-hybridized carbons (Fsp3) is 0.133. The van der Waals surface area contributed by atoms with Crippen LogP contribution in [0.1, 0.15) is 15.9 Å². The van der Waals surface area contributed by atoms with Crippen LogP contribution in [0, 0.1) is 5.82 Å². The second-order valence-electron chi connectivity index (χ2n) is 4.17. The van der Waals surface area contributed by atoms with E-state index in [0.29, 0.717) is 10.0 Å². The van der Waals surface area contributed by atoms with Crippen LogP contribution in [0.2, 0.25) is 0 Å². The highest BCUT2D eigenvalue weighted by Crippen LogP contribution is 2.35. The Kier molecular flexibility index (Phi) is 4.80. The van der Waals surface area contributed by atoms with Crippen molar-refractivity contribution in [2.75, 3.05) is 7.11 Å². The Balaban J connectivity index is 2.34. The molecule has 0 fully saturated rings. The molecule has 2 aromatic carbocycles. The predicted octanol–water partition coefficient (Wildman–Crippen LogP) is 3.87. The van der Waals surface area contributed by atoms with Crippen LogP contribution in [0.25, 0.3) is 0 Å². The van der Waals surface area contributed by atoms with Gasteiger partial charge in [-0.1, -0.05) is 34.1 Å². The van der Waals surface area contributed by atoms with Gasteiger partial charge in [0, 0.05) is 10.0 Å². The van der Waals surface area contributed by atoms with E-state index in [1.807, 2.05) is 0 Å². The molecule has 110 valence electrons. The zero-order valence-electron chi connectivity index (χ0n) is 11.1. The Morgan fingerprint density at radius 1 is 1.33 bits per heavy atom. The first kappa shape index (κ1) is 15.3. The molecule has 0 bridgehead atoms. The van der Waals surface area contributed by atoms with E-state index in [1.165, 1.54) is 19.2 Å². The van der Waals surface area contributed by atoms with Gasteiger partial charge in [0.1, 0.15) is 18.0 Å². The maximum absolute atomic E-state index is 13.6. The predicted molar refractivity (Wildman–Crippen MR) is 78.4 cm³/mol. The first-order valence-electron chi connectivity index (χ1n) is 6.00. The van der Waals surface area contributed by atoms with Gasteiger partial charge in [0.25, 0.3) is 0 Å². The van der Waals surface area contributed by atoms with E-state index >= 15 is 0 Å². The van der Waals surface area contributed by atoms with E-state index in [9.17, 15) is 14.3 Å². The molecule has 0 saturated heterocycles. The summed E-state index contributed by atoms with van der Waals surface area (Å²) in [6, 6.07) is 9.13. The van der Waals surface area contributed by atoms with Gasteiger partial charge in [0.15, 0.2) is 11.5 Å². The van der Waals surface area contributed by atoms with Crippen molar-refractivity contribution < 1.29 is 23.8 Å². The molecule has 0 saturated carbocycles. The topological polar surface area (TPSA) is 55.8 Å². The molecular formula is C15H12BrFO4. The van der Waals surface area contributed by atoms with E-state index in [-0.39, 0.29) is 23.7 Å². The smallest absolute Gasteiger partial charge is 0.339 e. The zero-order chi connectivity index (χ0) is 15.4. The van der Waals surface area contributed by atoms with Gasteiger partial charge in [-0.2, -0.15) is 0 Å². The van der Waals surface area contributed by atoms with Gasteiger partial charge in [-0.25, -0.2) is 9.18 Å². The lowest BCUT2D eigenvalue weighted by Gasteiger charge is -2.14. The van der Waals surface area contributed by atoms with Crippen molar-refractivity contribution in [3.05, 3.63) is 57.8 Å². The lowest BCUT2D eigenvalue weighted by molar-refractivity contribution is 0.0690. The van der Waals surface area contributed by atoms with Crippen molar-refractivity contribution in [1.29, 1.82) is 0 Å². The number of hydrogen-bond donors (Lipinski definition) is 1. The summed E-state index contributed by atoms with van der Waals surface area (Å²) in [6.45, 7) is -0.0923. The minimum absolute atomic E-state index is 0.0578. The van der Waals surface area contributed by atoms with Crippen LogP contribution in [-0.2, 0) is 6.61 Å². The number of methoxy groups -OCH3 is 1. The van der Waals surface area contributed by atoms with Gasteiger partial charge >= 0.3 is 5.97 Å². The standard InChI is InChI=1S/C15H12BrFO4/c1-20-13-7-10(16)6-11(15(18)19)14(13)21-8-9-4-2-3-5-12(9)17/h2-7H,8H2,1H3,(H,18,19). The minimum Gasteiger partial charge on any atom is -0.493 e. The molecule has 0 aliphatic rings. The van der Waals surface area contributed by atoms with Crippen molar-refractivity contribution >= 4 is 21.9 Å². The van der Waals surface area contributed by atoms with Crippen LogP contribution in [0.4, 0.5) is 4.39 Å². The highest BCUT2D eigenvalue weighted by atomic mass is 79.9. The van der Waals surface area contributed by atoms with Gasteiger partial charge < -0.3 is 14.6 Å². The van der Waals surface area contributed by atoms with Crippen LogP contribution < -0.4 is 9.47 Å². The number of aromatic carboxylic acids is 1. The fourth-order valence-corrected chi connectivity index (χ4v) is 2.23. The second kappa shape index (κ2) is 6.58. The van der Waals surface area contributed by atoms with Crippen molar-refractivity contribution in [2.24, 2.45) is 0 Å². The van der Waals surface area contributed by atoms with E-state index < -0.39 is 11.8 Å². The fourth-order valence-electron chi connectivity index (χ4n) is 1.79. The molecule has 0 aromatic heterocycles. The number of hydrogen-bond acceptors (Lipinski definition) is 3.